The molecule has 1 saturated heterocycles. The van der Waals surface area contributed by atoms with E-state index in [1.165, 1.54) is 4.31 Å². The third-order valence-corrected chi connectivity index (χ3v) is 5.81. The van der Waals surface area contributed by atoms with Crippen LogP contribution in [0.15, 0.2) is 34.7 Å². The Labute approximate surface area is 141 Å². The third-order valence-electron chi connectivity index (χ3n) is 3.97. The highest BCUT2D eigenvalue weighted by Crippen LogP contribution is 2.23. The van der Waals surface area contributed by atoms with Gasteiger partial charge in [-0.1, -0.05) is 37.3 Å². The van der Waals surface area contributed by atoms with E-state index in [2.05, 4.69) is 10.2 Å². The van der Waals surface area contributed by atoms with Gasteiger partial charge < -0.3 is 9.15 Å². The van der Waals surface area contributed by atoms with Crippen molar-refractivity contribution in [3.05, 3.63) is 47.7 Å². The second-order valence-corrected chi connectivity index (χ2v) is 7.75. The Morgan fingerprint density at radius 2 is 2.04 bits per heavy atom. The molecule has 0 spiro atoms. The highest BCUT2D eigenvalue weighted by molar-refractivity contribution is 7.89. The second-order valence-electron chi connectivity index (χ2n) is 5.66. The summed E-state index contributed by atoms with van der Waals surface area (Å²) < 4.78 is 37.8. The molecular formula is C16H21N3O4S. The van der Waals surface area contributed by atoms with Crippen LogP contribution in [0.3, 0.4) is 0 Å². The van der Waals surface area contributed by atoms with Crippen LogP contribution in [0.25, 0.3) is 0 Å². The van der Waals surface area contributed by atoms with Crippen molar-refractivity contribution in [2.75, 3.05) is 25.4 Å². The van der Waals surface area contributed by atoms with E-state index >= 15 is 0 Å². The van der Waals surface area contributed by atoms with Gasteiger partial charge in [0.05, 0.1) is 12.4 Å². The molecule has 2 heterocycles. The SMILES string of the molecule is CCc1nnc(C2CN(S(=O)(=O)CCc3ccccc3)CCO2)o1. The van der Waals surface area contributed by atoms with Crippen LogP contribution in [-0.4, -0.2) is 48.4 Å². The summed E-state index contributed by atoms with van der Waals surface area (Å²) in [6, 6.07) is 9.60. The number of nitrogens with zero attached hydrogens (tertiary/aromatic N) is 3. The smallest absolute Gasteiger partial charge is 0.246 e. The largest absolute Gasteiger partial charge is 0.422 e. The maximum absolute atomic E-state index is 12.6. The Morgan fingerprint density at radius 3 is 2.75 bits per heavy atom. The number of hydrogen-bond donors (Lipinski definition) is 0. The van der Waals surface area contributed by atoms with Gasteiger partial charge in [0.25, 0.3) is 0 Å². The van der Waals surface area contributed by atoms with Gasteiger partial charge in [0.15, 0.2) is 0 Å². The van der Waals surface area contributed by atoms with Crippen LogP contribution in [0, 0.1) is 0 Å². The van der Waals surface area contributed by atoms with Crippen LogP contribution in [0.1, 0.15) is 30.4 Å². The van der Waals surface area contributed by atoms with Gasteiger partial charge in [0.2, 0.25) is 21.8 Å². The molecule has 0 saturated carbocycles. The molecule has 0 amide bonds. The molecule has 7 nitrogen and oxygen atoms in total. The van der Waals surface area contributed by atoms with E-state index in [-0.39, 0.29) is 12.3 Å². The Kier molecular flexibility index (Phi) is 5.27. The van der Waals surface area contributed by atoms with E-state index in [0.29, 0.717) is 37.8 Å². The lowest BCUT2D eigenvalue weighted by atomic mass is 10.2. The number of ether oxygens (including phenoxy) is 1. The lowest BCUT2D eigenvalue weighted by Crippen LogP contribution is -2.43. The minimum Gasteiger partial charge on any atom is -0.422 e. The predicted molar refractivity (Wildman–Crippen MR) is 87.9 cm³/mol. The zero-order chi connectivity index (χ0) is 17.0. The molecule has 0 N–H and O–H groups in total. The maximum Gasteiger partial charge on any atom is 0.246 e. The summed E-state index contributed by atoms with van der Waals surface area (Å²) in [5.74, 6) is 0.945. The van der Waals surface area contributed by atoms with E-state index in [1.807, 2.05) is 37.3 Å². The number of hydrogen-bond acceptors (Lipinski definition) is 6. The van der Waals surface area contributed by atoms with Crippen molar-refractivity contribution >= 4 is 10.0 Å². The van der Waals surface area contributed by atoms with Crippen molar-refractivity contribution in [1.82, 2.24) is 14.5 Å². The van der Waals surface area contributed by atoms with Crippen molar-refractivity contribution in [1.29, 1.82) is 0 Å². The Bertz CT molecular complexity index is 761. The first-order valence-electron chi connectivity index (χ1n) is 8.04. The molecule has 8 heteroatoms. The molecule has 130 valence electrons. The fourth-order valence-corrected chi connectivity index (χ4v) is 4.06. The highest BCUT2D eigenvalue weighted by Gasteiger charge is 2.32. The number of sulfonamides is 1. The molecule has 1 aromatic heterocycles. The standard InChI is InChI=1S/C16H21N3O4S/c1-2-15-17-18-16(23-15)14-12-19(9-10-22-14)24(20,21)11-8-13-6-4-3-5-7-13/h3-7,14H,2,8-12H2,1H3. The first-order valence-corrected chi connectivity index (χ1v) is 9.65. The molecule has 24 heavy (non-hydrogen) atoms. The Balaban J connectivity index is 1.64. The molecule has 0 bridgehead atoms. The summed E-state index contributed by atoms with van der Waals surface area (Å²) in [4.78, 5) is 0. The molecule has 1 fully saturated rings. The molecule has 1 unspecified atom stereocenters. The van der Waals surface area contributed by atoms with Gasteiger partial charge in [-0.2, -0.15) is 4.31 Å². The van der Waals surface area contributed by atoms with E-state index in [9.17, 15) is 8.42 Å². The summed E-state index contributed by atoms with van der Waals surface area (Å²) in [7, 11) is -3.36. The van der Waals surface area contributed by atoms with E-state index < -0.39 is 16.1 Å². The van der Waals surface area contributed by atoms with Gasteiger partial charge in [-0.15, -0.1) is 10.2 Å². The zero-order valence-electron chi connectivity index (χ0n) is 13.6. The van der Waals surface area contributed by atoms with Crippen molar-refractivity contribution in [2.24, 2.45) is 0 Å². The third kappa shape index (κ3) is 4.00. The van der Waals surface area contributed by atoms with Crippen LogP contribution >= 0.6 is 0 Å². The molecule has 3 rings (SSSR count). The van der Waals surface area contributed by atoms with Crippen LogP contribution in [0.4, 0.5) is 0 Å². The number of aryl methyl sites for hydroxylation is 2. The predicted octanol–water partition coefficient (Wildman–Crippen LogP) is 1.58. The first-order chi connectivity index (χ1) is 11.6. The van der Waals surface area contributed by atoms with Crippen LogP contribution in [0.5, 0.6) is 0 Å². The summed E-state index contributed by atoms with van der Waals surface area (Å²) >= 11 is 0. The molecule has 1 atom stereocenters. The molecule has 0 radical (unpaired) electrons. The monoisotopic (exact) mass is 351 g/mol. The van der Waals surface area contributed by atoms with E-state index in [1.54, 1.807) is 0 Å². The Morgan fingerprint density at radius 1 is 1.25 bits per heavy atom. The van der Waals surface area contributed by atoms with E-state index in [0.717, 1.165) is 5.56 Å². The van der Waals surface area contributed by atoms with Crippen LogP contribution in [-0.2, 0) is 27.6 Å². The van der Waals surface area contributed by atoms with Crippen LogP contribution < -0.4 is 0 Å². The summed E-state index contributed by atoms with van der Waals surface area (Å²) in [6.07, 6.45) is 0.628. The number of morpholine rings is 1. The first kappa shape index (κ1) is 17.1. The lowest BCUT2D eigenvalue weighted by Gasteiger charge is -2.30. The van der Waals surface area contributed by atoms with Gasteiger partial charge >= 0.3 is 0 Å². The summed E-state index contributed by atoms with van der Waals surface area (Å²) in [6.45, 7) is 2.79. The van der Waals surface area contributed by atoms with Gasteiger partial charge in [-0.3, -0.25) is 0 Å². The van der Waals surface area contributed by atoms with Gasteiger partial charge in [0.1, 0.15) is 6.10 Å². The average Bonchev–Trinajstić information content (AvgIpc) is 3.10. The summed E-state index contributed by atoms with van der Waals surface area (Å²) in [5.41, 5.74) is 1.01. The molecule has 2 aromatic rings. The quantitative estimate of drug-likeness (QED) is 0.785. The molecular weight excluding hydrogens is 330 g/mol. The average molecular weight is 351 g/mol. The zero-order valence-corrected chi connectivity index (χ0v) is 14.4. The van der Waals surface area contributed by atoms with Gasteiger partial charge in [0, 0.05) is 19.5 Å². The lowest BCUT2D eigenvalue weighted by molar-refractivity contribution is -0.0177. The van der Waals surface area contributed by atoms with Gasteiger partial charge in [-0.05, 0) is 12.0 Å². The van der Waals surface area contributed by atoms with Crippen molar-refractivity contribution in [3.63, 3.8) is 0 Å². The molecule has 0 aliphatic carbocycles. The molecule has 1 aliphatic rings. The van der Waals surface area contributed by atoms with Crippen LogP contribution in [0.2, 0.25) is 0 Å². The Hall–Kier alpha value is -1.77. The normalized spacial score (nSPS) is 19.5. The number of aromatic nitrogens is 2. The fraction of sp³-hybridized carbons (Fsp3) is 0.500. The number of benzene rings is 1. The molecule has 1 aromatic carbocycles. The van der Waals surface area contributed by atoms with Crippen molar-refractivity contribution in [2.45, 2.75) is 25.9 Å². The van der Waals surface area contributed by atoms with Crippen molar-refractivity contribution < 1.29 is 17.6 Å². The minimum atomic E-state index is -3.36. The van der Waals surface area contributed by atoms with Crippen molar-refractivity contribution in [3.8, 4) is 0 Å². The minimum absolute atomic E-state index is 0.0772. The summed E-state index contributed by atoms with van der Waals surface area (Å²) in [5, 5.41) is 7.87. The highest BCUT2D eigenvalue weighted by atomic mass is 32.2. The second kappa shape index (κ2) is 7.42. The van der Waals surface area contributed by atoms with Gasteiger partial charge in [-0.25, -0.2) is 8.42 Å². The maximum atomic E-state index is 12.6. The molecule has 1 aliphatic heterocycles. The fourth-order valence-electron chi connectivity index (χ4n) is 2.59. The number of rotatable bonds is 6. The topological polar surface area (TPSA) is 85.5 Å². The van der Waals surface area contributed by atoms with E-state index in [4.69, 9.17) is 9.15 Å².